The van der Waals surface area contributed by atoms with Gasteiger partial charge in [0.1, 0.15) is 12.3 Å². The van der Waals surface area contributed by atoms with Crippen molar-refractivity contribution in [1.29, 1.82) is 0 Å². The Balaban J connectivity index is 1.53. The number of benzene rings is 1. The van der Waals surface area contributed by atoms with E-state index in [1.165, 1.54) is 57.4 Å². The Morgan fingerprint density at radius 3 is 2.48 bits per heavy atom. The van der Waals surface area contributed by atoms with E-state index in [0.717, 1.165) is 24.9 Å². The first-order valence-electron chi connectivity index (χ1n) is 8.75. The number of piperidine rings is 1. The molecule has 0 unspecified atom stereocenters. The summed E-state index contributed by atoms with van der Waals surface area (Å²) in [7, 11) is 0. The fraction of sp³-hybridized carbons (Fsp3) is 0.667. The van der Waals surface area contributed by atoms with Crippen LogP contribution in [-0.2, 0) is 6.54 Å². The molecule has 21 heavy (non-hydrogen) atoms. The number of likely N-dealkylation sites (tertiary alicyclic amines) is 2. The van der Waals surface area contributed by atoms with Crippen LogP contribution in [0.3, 0.4) is 0 Å². The number of para-hydroxylation sites is 1. The maximum absolute atomic E-state index is 5.76. The van der Waals surface area contributed by atoms with Crippen molar-refractivity contribution in [3.05, 3.63) is 29.8 Å². The first-order valence-corrected chi connectivity index (χ1v) is 8.75. The van der Waals surface area contributed by atoms with E-state index in [-0.39, 0.29) is 0 Å². The summed E-state index contributed by atoms with van der Waals surface area (Å²) in [6, 6.07) is 9.50. The van der Waals surface area contributed by atoms with Gasteiger partial charge in [0.05, 0.1) is 38.8 Å². The lowest BCUT2D eigenvalue weighted by atomic mass is 10.0. The third-order valence-corrected chi connectivity index (χ3v) is 5.23. The van der Waals surface area contributed by atoms with Gasteiger partial charge in [-0.25, -0.2) is 0 Å². The van der Waals surface area contributed by atoms with Gasteiger partial charge in [-0.3, -0.25) is 0 Å². The van der Waals surface area contributed by atoms with E-state index in [2.05, 4.69) is 31.2 Å². The molecule has 2 fully saturated rings. The minimum atomic E-state index is 0.757. The second-order valence-corrected chi connectivity index (χ2v) is 6.61. The Bertz CT molecular complexity index is 435. The number of hydrogen-bond acceptors (Lipinski definition) is 1. The molecule has 0 aliphatic carbocycles. The summed E-state index contributed by atoms with van der Waals surface area (Å²) in [5.74, 6) is 1.08. The van der Waals surface area contributed by atoms with E-state index in [0.29, 0.717) is 0 Å². The third kappa shape index (κ3) is 3.78. The third-order valence-electron chi connectivity index (χ3n) is 5.23. The van der Waals surface area contributed by atoms with Gasteiger partial charge in [-0.05, 0) is 19.1 Å². The first-order chi connectivity index (χ1) is 10.4. The predicted octanol–water partition coefficient (Wildman–Crippen LogP) is 0.311. The molecule has 2 aliphatic rings. The first kappa shape index (κ1) is 14.9. The summed E-state index contributed by atoms with van der Waals surface area (Å²) in [5.41, 5.74) is 1.38. The number of rotatable bonds is 5. The highest BCUT2D eigenvalue weighted by atomic mass is 16.5. The summed E-state index contributed by atoms with van der Waals surface area (Å²) in [6.45, 7) is 9.45. The molecule has 2 N–H and O–H groups in total. The molecule has 3 heteroatoms. The molecule has 0 amide bonds. The Morgan fingerprint density at radius 2 is 1.76 bits per heavy atom. The van der Waals surface area contributed by atoms with Crippen LogP contribution >= 0.6 is 0 Å². The monoisotopic (exact) mass is 290 g/mol. The quantitative estimate of drug-likeness (QED) is 0.799. The Kier molecular flexibility index (Phi) is 5.15. The van der Waals surface area contributed by atoms with Gasteiger partial charge in [0.15, 0.2) is 0 Å². The standard InChI is InChI=1S/C18H28N2O/c1-2-21-18-8-4-3-7-16(18)15-19-13-9-17(10-14-19)20-11-5-6-12-20/h3-4,7-8,17H,2,5-6,9-15H2,1H3/p+2. The normalized spacial score (nSPS) is 26.9. The van der Waals surface area contributed by atoms with E-state index in [1.807, 2.05) is 4.90 Å². The molecule has 3 nitrogen and oxygen atoms in total. The summed E-state index contributed by atoms with van der Waals surface area (Å²) in [4.78, 5) is 3.63. The minimum absolute atomic E-state index is 0.757. The molecule has 116 valence electrons. The molecule has 0 atom stereocenters. The Morgan fingerprint density at radius 1 is 1.05 bits per heavy atom. The molecule has 0 radical (unpaired) electrons. The van der Waals surface area contributed by atoms with Crippen LogP contribution in [0, 0.1) is 0 Å². The number of ether oxygens (including phenoxy) is 1. The maximum atomic E-state index is 5.76. The molecule has 3 rings (SSSR count). The smallest absolute Gasteiger partial charge is 0.128 e. The molecule has 0 aromatic heterocycles. The second kappa shape index (κ2) is 7.28. The summed E-state index contributed by atoms with van der Waals surface area (Å²) in [5, 5.41) is 0. The van der Waals surface area contributed by atoms with E-state index in [4.69, 9.17) is 4.74 Å². The Hall–Kier alpha value is -1.06. The van der Waals surface area contributed by atoms with Gasteiger partial charge < -0.3 is 14.5 Å². The largest absolute Gasteiger partial charge is 0.493 e. The second-order valence-electron chi connectivity index (χ2n) is 6.61. The van der Waals surface area contributed by atoms with Crippen molar-refractivity contribution in [2.24, 2.45) is 0 Å². The van der Waals surface area contributed by atoms with Gasteiger partial charge >= 0.3 is 0 Å². The topological polar surface area (TPSA) is 18.1 Å². The predicted molar refractivity (Wildman–Crippen MR) is 85.0 cm³/mol. The average Bonchev–Trinajstić information content (AvgIpc) is 3.05. The van der Waals surface area contributed by atoms with Crippen molar-refractivity contribution in [1.82, 2.24) is 0 Å². The number of hydrogen-bond donors (Lipinski definition) is 2. The highest BCUT2D eigenvalue weighted by Crippen LogP contribution is 2.17. The molecule has 2 aliphatic heterocycles. The molecule has 1 aromatic carbocycles. The van der Waals surface area contributed by atoms with E-state index in [1.54, 1.807) is 4.90 Å². The lowest BCUT2D eigenvalue weighted by Gasteiger charge is -2.32. The number of quaternary nitrogens is 2. The lowest BCUT2D eigenvalue weighted by Crippen LogP contribution is -3.19. The van der Waals surface area contributed by atoms with Gasteiger partial charge in [-0.2, -0.15) is 0 Å². The van der Waals surface area contributed by atoms with Gasteiger partial charge in [-0.15, -0.1) is 0 Å². The van der Waals surface area contributed by atoms with Gasteiger partial charge in [-0.1, -0.05) is 12.1 Å². The fourth-order valence-electron chi connectivity index (χ4n) is 4.06. The van der Waals surface area contributed by atoms with Crippen molar-refractivity contribution >= 4 is 0 Å². The van der Waals surface area contributed by atoms with Gasteiger partial charge in [0.2, 0.25) is 0 Å². The van der Waals surface area contributed by atoms with Crippen LogP contribution < -0.4 is 14.5 Å². The summed E-state index contributed by atoms with van der Waals surface area (Å²) < 4.78 is 5.76. The van der Waals surface area contributed by atoms with Crippen LogP contribution in [0.4, 0.5) is 0 Å². The van der Waals surface area contributed by atoms with Crippen molar-refractivity contribution in [3.8, 4) is 5.75 Å². The maximum Gasteiger partial charge on any atom is 0.128 e. The zero-order valence-electron chi connectivity index (χ0n) is 13.4. The summed E-state index contributed by atoms with van der Waals surface area (Å²) in [6.07, 6.45) is 5.71. The van der Waals surface area contributed by atoms with Crippen LogP contribution in [0.25, 0.3) is 0 Å². The summed E-state index contributed by atoms with van der Waals surface area (Å²) >= 11 is 0. The highest BCUT2D eigenvalue weighted by molar-refractivity contribution is 5.32. The van der Waals surface area contributed by atoms with Crippen LogP contribution in [0.2, 0.25) is 0 Å². The van der Waals surface area contributed by atoms with E-state index >= 15 is 0 Å². The molecule has 1 aromatic rings. The molecule has 2 heterocycles. The average molecular weight is 290 g/mol. The molecule has 0 saturated carbocycles. The molecular weight excluding hydrogens is 260 g/mol. The van der Waals surface area contributed by atoms with Crippen LogP contribution in [0.15, 0.2) is 24.3 Å². The van der Waals surface area contributed by atoms with Crippen molar-refractivity contribution in [2.75, 3.05) is 32.8 Å². The van der Waals surface area contributed by atoms with Gasteiger partial charge in [0.25, 0.3) is 0 Å². The highest BCUT2D eigenvalue weighted by Gasteiger charge is 2.31. The fourth-order valence-corrected chi connectivity index (χ4v) is 4.06. The zero-order chi connectivity index (χ0) is 14.5. The lowest BCUT2D eigenvalue weighted by molar-refractivity contribution is -0.957. The zero-order valence-corrected chi connectivity index (χ0v) is 13.4. The molecule has 2 saturated heterocycles. The van der Waals surface area contributed by atoms with Gasteiger partial charge in [0, 0.05) is 31.2 Å². The Labute approximate surface area is 128 Å². The van der Waals surface area contributed by atoms with Crippen molar-refractivity contribution in [2.45, 2.75) is 45.2 Å². The SMILES string of the molecule is CCOc1ccccc1C[NH+]1CCC([NH+]2CCCC2)CC1. The van der Waals surface area contributed by atoms with Crippen LogP contribution in [-0.4, -0.2) is 38.8 Å². The molecule has 0 spiro atoms. The molecule has 0 bridgehead atoms. The molecular formula is C18H30N2O+2. The van der Waals surface area contributed by atoms with Crippen molar-refractivity contribution in [3.63, 3.8) is 0 Å². The van der Waals surface area contributed by atoms with E-state index < -0.39 is 0 Å². The minimum Gasteiger partial charge on any atom is -0.493 e. The van der Waals surface area contributed by atoms with Crippen LogP contribution in [0.5, 0.6) is 5.75 Å². The number of nitrogens with one attached hydrogen (secondary N) is 2. The van der Waals surface area contributed by atoms with Crippen LogP contribution in [0.1, 0.15) is 38.2 Å². The van der Waals surface area contributed by atoms with Crippen molar-refractivity contribution < 1.29 is 14.5 Å². The van der Waals surface area contributed by atoms with E-state index in [9.17, 15) is 0 Å².